The lowest BCUT2D eigenvalue weighted by molar-refractivity contribution is 0.539. The van der Waals surface area contributed by atoms with E-state index in [1.54, 1.807) is 0 Å². The van der Waals surface area contributed by atoms with Gasteiger partial charge in [0.05, 0.1) is 0 Å². The number of rotatable bonds is 4. The van der Waals surface area contributed by atoms with Gasteiger partial charge in [-0.15, -0.1) is 0 Å². The minimum atomic E-state index is 0.0682. The van der Waals surface area contributed by atoms with Crippen LogP contribution in [0.2, 0.25) is 10.0 Å². The molecular weight excluding hydrogens is 231 g/mol. The van der Waals surface area contributed by atoms with Crippen LogP contribution in [-0.4, -0.2) is 12.6 Å². The lowest BCUT2D eigenvalue weighted by atomic mass is 10.1. The fourth-order valence-electron chi connectivity index (χ4n) is 1.65. The van der Waals surface area contributed by atoms with E-state index < -0.39 is 0 Å². The van der Waals surface area contributed by atoms with Crippen molar-refractivity contribution in [1.29, 1.82) is 0 Å². The third-order valence-electron chi connectivity index (χ3n) is 2.60. The van der Waals surface area contributed by atoms with E-state index in [1.165, 1.54) is 12.8 Å². The molecule has 0 radical (unpaired) electrons. The highest BCUT2D eigenvalue weighted by atomic mass is 35.5. The maximum Gasteiger partial charge on any atom is 0.0476 e. The topological polar surface area (TPSA) is 38.0 Å². The lowest BCUT2D eigenvalue weighted by Gasteiger charge is -2.19. The zero-order valence-corrected chi connectivity index (χ0v) is 9.85. The molecule has 1 aromatic carbocycles. The highest BCUT2D eigenvalue weighted by Gasteiger charge is 2.26. The number of halogens is 2. The predicted molar refractivity (Wildman–Crippen MR) is 64.4 cm³/mol. The number of nitrogens with one attached hydrogen (secondary N) is 1. The summed E-state index contributed by atoms with van der Waals surface area (Å²) in [6.45, 7) is 0.514. The Hall–Kier alpha value is -0.280. The standard InChI is InChI=1S/C11H14Cl2N2/c12-8-2-1-3-9(13)11(8)10(6-14)15-7-4-5-7/h1-3,7,10,15H,4-6,14H2. The molecule has 0 bridgehead atoms. The van der Waals surface area contributed by atoms with Crippen LogP contribution in [0.25, 0.3) is 0 Å². The van der Waals surface area contributed by atoms with Crippen LogP contribution in [0, 0.1) is 0 Å². The first-order valence-electron chi connectivity index (χ1n) is 5.12. The van der Waals surface area contributed by atoms with Crippen molar-refractivity contribution in [3.63, 3.8) is 0 Å². The van der Waals surface area contributed by atoms with E-state index in [0.29, 0.717) is 22.6 Å². The maximum atomic E-state index is 6.13. The Morgan fingerprint density at radius 1 is 1.33 bits per heavy atom. The molecule has 0 spiro atoms. The van der Waals surface area contributed by atoms with E-state index in [4.69, 9.17) is 28.9 Å². The molecule has 0 aromatic heterocycles. The van der Waals surface area contributed by atoms with E-state index >= 15 is 0 Å². The van der Waals surface area contributed by atoms with Crippen molar-refractivity contribution in [2.45, 2.75) is 24.9 Å². The summed E-state index contributed by atoms with van der Waals surface area (Å²) in [4.78, 5) is 0. The first kappa shape index (κ1) is 11.2. The van der Waals surface area contributed by atoms with Crippen LogP contribution in [0.15, 0.2) is 18.2 Å². The molecule has 1 atom stereocenters. The molecule has 0 heterocycles. The van der Waals surface area contributed by atoms with Crippen molar-refractivity contribution >= 4 is 23.2 Å². The lowest BCUT2D eigenvalue weighted by Crippen LogP contribution is -2.30. The first-order chi connectivity index (χ1) is 7.22. The third-order valence-corrected chi connectivity index (χ3v) is 3.26. The molecule has 4 heteroatoms. The van der Waals surface area contributed by atoms with Gasteiger partial charge >= 0.3 is 0 Å². The van der Waals surface area contributed by atoms with E-state index in [2.05, 4.69) is 5.32 Å². The summed E-state index contributed by atoms with van der Waals surface area (Å²) in [5.41, 5.74) is 6.66. The van der Waals surface area contributed by atoms with Crippen molar-refractivity contribution in [2.75, 3.05) is 6.54 Å². The van der Waals surface area contributed by atoms with Crippen molar-refractivity contribution in [2.24, 2.45) is 5.73 Å². The summed E-state index contributed by atoms with van der Waals surface area (Å²) in [7, 11) is 0. The molecule has 0 saturated heterocycles. The molecule has 1 aromatic rings. The number of hydrogen-bond donors (Lipinski definition) is 2. The monoisotopic (exact) mass is 244 g/mol. The Morgan fingerprint density at radius 3 is 2.40 bits per heavy atom. The number of hydrogen-bond acceptors (Lipinski definition) is 2. The highest BCUT2D eigenvalue weighted by molar-refractivity contribution is 6.36. The van der Waals surface area contributed by atoms with Gasteiger partial charge in [-0.1, -0.05) is 29.3 Å². The Labute approximate surface area is 99.7 Å². The van der Waals surface area contributed by atoms with Gasteiger partial charge in [-0.3, -0.25) is 0 Å². The largest absolute Gasteiger partial charge is 0.329 e. The van der Waals surface area contributed by atoms with Crippen LogP contribution in [0.4, 0.5) is 0 Å². The second-order valence-electron chi connectivity index (χ2n) is 3.86. The molecule has 2 nitrogen and oxygen atoms in total. The molecule has 1 aliphatic rings. The zero-order valence-electron chi connectivity index (χ0n) is 8.34. The van der Waals surface area contributed by atoms with Crippen LogP contribution in [0.3, 0.4) is 0 Å². The predicted octanol–water partition coefficient (Wildman–Crippen LogP) is 2.75. The van der Waals surface area contributed by atoms with E-state index in [1.807, 2.05) is 18.2 Å². The van der Waals surface area contributed by atoms with Crippen molar-refractivity contribution in [3.8, 4) is 0 Å². The summed E-state index contributed by atoms with van der Waals surface area (Å²) >= 11 is 12.3. The van der Waals surface area contributed by atoms with E-state index in [-0.39, 0.29) is 6.04 Å². The fraction of sp³-hybridized carbons (Fsp3) is 0.455. The van der Waals surface area contributed by atoms with Gasteiger partial charge in [-0.2, -0.15) is 0 Å². The van der Waals surface area contributed by atoms with Gasteiger partial charge in [0.1, 0.15) is 0 Å². The Bertz CT molecular complexity index is 330. The average Bonchev–Trinajstić information content (AvgIpc) is 2.99. The van der Waals surface area contributed by atoms with Gasteiger partial charge in [-0.25, -0.2) is 0 Å². The Kier molecular flexibility index (Phi) is 3.52. The molecule has 0 aliphatic heterocycles. The smallest absolute Gasteiger partial charge is 0.0476 e. The van der Waals surface area contributed by atoms with Crippen LogP contribution in [-0.2, 0) is 0 Å². The van der Waals surface area contributed by atoms with Crippen LogP contribution in [0.1, 0.15) is 24.4 Å². The van der Waals surface area contributed by atoms with Crippen LogP contribution >= 0.6 is 23.2 Å². The van der Waals surface area contributed by atoms with Crippen molar-refractivity contribution in [3.05, 3.63) is 33.8 Å². The zero-order chi connectivity index (χ0) is 10.8. The molecule has 82 valence electrons. The number of nitrogens with two attached hydrogens (primary N) is 1. The molecule has 1 unspecified atom stereocenters. The summed E-state index contributed by atoms with van der Waals surface area (Å²) in [5, 5.41) is 4.82. The normalized spacial score (nSPS) is 17.8. The fourth-order valence-corrected chi connectivity index (χ4v) is 2.31. The second-order valence-corrected chi connectivity index (χ2v) is 4.68. The molecular formula is C11H14Cl2N2. The van der Waals surface area contributed by atoms with Gasteiger partial charge in [0.2, 0.25) is 0 Å². The molecule has 1 saturated carbocycles. The van der Waals surface area contributed by atoms with Crippen molar-refractivity contribution < 1.29 is 0 Å². The molecule has 3 N–H and O–H groups in total. The van der Waals surface area contributed by atoms with Gasteiger partial charge < -0.3 is 11.1 Å². The van der Waals surface area contributed by atoms with Crippen LogP contribution in [0.5, 0.6) is 0 Å². The van der Waals surface area contributed by atoms with Gasteiger partial charge in [-0.05, 0) is 25.0 Å². The molecule has 1 fully saturated rings. The number of benzene rings is 1. The van der Waals surface area contributed by atoms with E-state index in [9.17, 15) is 0 Å². The van der Waals surface area contributed by atoms with Crippen LogP contribution < -0.4 is 11.1 Å². The highest BCUT2D eigenvalue weighted by Crippen LogP contribution is 2.32. The molecule has 1 aliphatic carbocycles. The average molecular weight is 245 g/mol. The Balaban J connectivity index is 2.23. The maximum absolute atomic E-state index is 6.13. The summed E-state index contributed by atoms with van der Waals surface area (Å²) in [6.07, 6.45) is 2.44. The molecule has 2 rings (SSSR count). The quantitative estimate of drug-likeness (QED) is 0.855. The van der Waals surface area contributed by atoms with Gasteiger partial charge in [0.25, 0.3) is 0 Å². The molecule has 15 heavy (non-hydrogen) atoms. The summed E-state index contributed by atoms with van der Waals surface area (Å²) < 4.78 is 0. The van der Waals surface area contributed by atoms with Crippen molar-refractivity contribution in [1.82, 2.24) is 5.32 Å². The minimum Gasteiger partial charge on any atom is -0.329 e. The Morgan fingerprint density at radius 2 is 1.93 bits per heavy atom. The molecule has 0 amide bonds. The first-order valence-corrected chi connectivity index (χ1v) is 5.88. The summed E-state index contributed by atoms with van der Waals surface area (Å²) in [5.74, 6) is 0. The third kappa shape index (κ3) is 2.64. The SMILES string of the molecule is NCC(NC1CC1)c1c(Cl)cccc1Cl. The second kappa shape index (κ2) is 4.71. The minimum absolute atomic E-state index is 0.0682. The van der Waals surface area contributed by atoms with Gasteiger partial charge in [0.15, 0.2) is 0 Å². The summed E-state index contributed by atoms with van der Waals surface area (Å²) in [6, 6.07) is 6.20. The van der Waals surface area contributed by atoms with E-state index in [0.717, 1.165) is 5.56 Å². The van der Waals surface area contributed by atoms with Gasteiger partial charge in [0, 0.05) is 34.2 Å².